The molecule has 0 aliphatic heterocycles. The van der Waals surface area contributed by atoms with E-state index in [0.717, 1.165) is 10.0 Å². The molecule has 0 aliphatic rings. The van der Waals surface area contributed by atoms with Gasteiger partial charge in [0.05, 0.1) is 0 Å². The largest absolute Gasteiger partial charge is 0.232 e. The normalized spacial score (nSPS) is 8.15. The second-order valence-electron chi connectivity index (χ2n) is 2.33. The van der Waals surface area contributed by atoms with Crippen LogP contribution in [0, 0.1) is 11.8 Å². The first-order chi connectivity index (χ1) is 6.29. The van der Waals surface area contributed by atoms with Gasteiger partial charge in [0.15, 0.2) is 0 Å². The van der Waals surface area contributed by atoms with Crippen LogP contribution in [0.25, 0.3) is 5.57 Å². The summed E-state index contributed by atoms with van der Waals surface area (Å²) in [6.45, 7) is 1.69. The van der Waals surface area contributed by atoms with Crippen molar-refractivity contribution in [2.75, 3.05) is 0 Å². The van der Waals surface area contributed by atoms with E-state index in [1.54, 1.807) is 6.92 Å². The Morgan fingerprint density at radius 2 is 2.08 bits per heavy atom. The standard InChI is InChI=1S/C11H7BrO/c1-2-5-9(8-13)10-6-3-4-7-11(10)12/h3-4,6-7H,1H3. The number of hydrogen-bond donors (Lipinski definition) is 0. The molecule has 1 rings (SSSR count). The molecule has 0 saturated carbocycles. The average molecular weight is 235 g/mol. The number of rotatable bonds is 1. The lowest BCUT2D eigenvalue weighted by Gasteiger charge is -1.98. The Kier molecular flexibility index (Phi) is 3.52. The molecule has 1 aromatic rings. The van der Waals surface area contributed by atoms with Gasteiger partial charge in [0.1, 0.15) is 11.5 Å². The highest BCUT2D eigenvalue weighted by molar-refractivity contribution is 9.10. The molecule has 0 saturated heterocycles. The molecule has 64 valence electrons. The van der Waals surface area contributed by atoms with Gasteiger partial charge in [-0.05, 0) is 13.0 Å². The average Bonchev–Trinajstić information content (AvgIpc) is 2.16. The first kappa shape index (κ1) is 9.80. The molecule has 0 radical (unpaired) electrons. The van der Waals surface area contributed by atoms with Crippen molar-refractivity contribution in [2.24, 2.45) is 0 Å². The Bertz CT molecular complexity index is 417. The molecule has 0 N–H and O–H groups in total. The lowest BCUT2D eigenvalue weighted by atomic mass is 10.1. The Balaban J connectivity index is 3.26. The van der Waals surface area contributed by atoms with Crippen molar-refractivity contribution in [3.8, 4) is 11.8 Å². The molecule has 0 heterocycles. The highest BCUT2D eigenvalue weighted by atomic mass is 79.9. The fourth-order valence-corrected chi connectivity index (χ4v) is 1.42. The minimum atomic E-state index is 0.384. The molecule has 1 aromatic carbocycles. The number of allylic oxidation sites excluding steroid dienone is 1. The number of benzene rings is 1. The summed E-state index contributed by atoms with van der Waals surface area (Å²) in [6, 6.07) is 7.43. The minimum absolute atomic E-state index is 0.384. The molecule has 0 amide bonds. The van der Waals surface area contributed by atoms with Gasteiger partial charge in [-0.25, -0.2) is 4.79 Å². The smallest absolute Gasteiger partial charge is 0.142 e. The van der Waals surface area contributed by atoms with Crippen LogP contribution in [0.1, 0.15) is 12.5 Å². The molecular formula is C11H7BrO. The van der Waals surface area contributed by atoms with Crippen molar-refractivity contribution in [1.29, 1.82) is 0 Å². The summed E-state index contributed by atoms with van der Waals surface area (Å²) < 4.78 is 0.858. The summed E-state index contributed by atoms with van der Waals surface area (Å²) in [5.74, 6) is 7.20. The third-order valence-electron chi connectivity index (χ3n) is 1.50. The summed E-state index contributed by atoms with van der Waals surface area (Å²) >= 11 is 3.34. The zero-order chi connectivity index (χ0) is 9.68. The molecule has 0 aliphatic carbocycles. The quantitative estimate of drug-likeness (QED) is 0.540. The van der Waals surface area contributed by atoms with Gasteiger partial charge in [-0.1, -0.05) is 40.0 Å². The van der Waals surface area contributed by atoms with Crippen LogP contribution in [-0.2, 0) is 4.79 Å². The van der Waals surface area contributed by atoms with Crippen molar-refractivity contribution in [1.82, 2.24) is 0 Å². The van der Waals surface area contributed by atoms with E-state index in [2.05, 4.69) is 27.8 Å². The number of hydrogen-bond acceptors (Lipinski definition) is 1. The third-order valence-corrected chi connectivity index (χ3v) is 2.19. The monoisotopic (exact) mass is 234 g/mol. The lowest BCUT2D eigenvalue weighted by molar-refractivity contribution is 0.569. The van der Waals surface area contributed by atoms with Crippen LogP contribution in [0.3, 0.4) is 0 Å². The van der Waals surface area contributed by atoms with E-state index in [1.807, 2.05) is 30.2 Å². The van der Waals surface area contributed by atoms with Gasteiger partial charge in [-0.15, -0.1) is 5.92 Å². The first-order valence-electron chi connectivity index (χ1n) is 3.72. The van der Waals surface area contributed by atoms with E-state index in [9.17, 15) is 4.79 Å². The minimum Gasteiger partial charge on any atom is -0.232 e. The van der Waals surface area contributed by atoms with Crippen LogP contribution in [0.15, 0.2) is 28.7 Å². The molecule has 0 fully saturated rings. The highest BCUT2D eigenvalue weighted by Gasteiger charge is 2.02. The van der Waals surface area contributed by atoms with Crippen molar-refractivity contribution in [3.63, 3.8) is 0 Å². The maximum Gasteiger partial charge on any atom is 0.142 e. The van der Waals surface area contributed by atoms with Gasteiger partial charge in [0, 0.05) is 10.0 Å². The fraction of sp³-hybridized carbons (Fsp3) is 0.0909. The number of carbonyl (C=O) groups excluding carboxylic acids is 1. The molecule has 0 unspecified atom stereocenters. The highest BCUT2D eigenvalue weighted by Crippen LogP contribution is 2.21. The summed E-state index contributed by atoms with van der Waals surface area (Å²) in [5, 5.41) is 0. The molecule has 0 atom stereocenters. The topological polar surface area (TPSA) is 17.1 Å². The van der Waals surface area contributed by atoms with Crippen LogP contribution in [-0.4, -0.2) is 5.94 Å². The van der Waals surface area contributed by atoms with Crippen molar-refractivity contribution in [3.05, 3.63) is 34.3 Å². The molecule has 0 spiro atoms. The van der Waals surface area contributed by atoms with E-state index in [1.165, 1.54) is 0 Å². The fourth-order valence-electron chi connectivity index (χ4n) is 0.937. The van der Waals surface area contributed by atoms with Gasteiger partial charge in [-0.3, -0.25) is 0 Å². The summed E-state index contributed by atoms with van der Waals surface area (Å²) in [7, 11) is 0. The third kappa shape index (κ3) is 2.32. The summed E-state index contributed by atoms with van der Waals surface area (Å²) in [6.07, 6.45) is 0. The summed E-state index contributed by atoms with van der Waals surface area (Å²) in [4.78, 5) is 10.6. The summed E-state index contributed by atoms with van der Waals surface area (Å²) in [5.41, 5.74) is 1.17. The van der Waals surface area contributed by atoms with Crippen LogP contribution in [0.2, 0.25) is 0 Å². The maximum absolute atomic E-state index is 10.6. The van der Waals surface area contributed by atoms with Gasteiger partial charge >= 0.3 is 0 Å². The van der Waals surface area contributed by atoms with E-state index < -0.39 is 0 Å². The van der Waals surface area contributed by atoms with E-state index in [4.69, 9.17) is 0 Å². The molecule has 1 nitrogen and oxygen atoms in total. The van der Waals surface area contributed by atoms with E-state index in [-0.39, 0.29) is 0 Å². The van der Waals surface area contributed by atoms with E-state index >= 15 is 0 Å². The Hall–Kier alpha value is -1.29. The van der Waals surface area contributed by atoms with E-state index in [0.29, 0.717) is 5.57 Å². The maximum atomic E-state index is 10.6. The van der Waals surface area contributed by atoms with Gasteiger partial charge in [0.2, 0.25) is 0 Å². The second kappa shape index (κ2) is 4.67. The second-order valence-corrected chi connectivity index (χ2v) is 3.19. The first-order valence-corrected chi connectivity index (χ1v) is 4.51. The Labute approximate surface area is 85.6 Å². The lowest BCUT2D eigenvalue weighted by Crippen LogP contribution is -1.83. The van der Waals surface area contributed by atoms with Crippen LogP contribution < -0.4 is 0 Å². The SMILES string of the molecule is CC#CC(=C=O)c1ccccc1Br. The predicted molar refractivity (Wildman–Crippen MR) is 56.7 cm³/mol. The van der Waals surface area contributed by atoms with Gasteiger partial charge in [0.25, 0.3) is 0 Å². The molecule has 0 bridgehead atoms. The van der Waals surface area contributed by atoms with Crippen molar-refractivity contribution >= 4 is 27.4 Å². The van der Waals surface area contributed by atoms with Gasteiger partial charge in [-0.2, -0.15) is 0 Å². The van der Waals surface area contributed by atoms with Crippen molar-refractivity contribution in [2.45, 2.75) is 6.92 Å². The molecule has 2 heteroatoms. The van der Waals surface area contributed by atoms with Crippen LogP contribution in [0.4, 0.5) is 0 Å². The van der Waals surface area contributed by atoms with Crippen molar-refractivity contribution < 1.29 is 4.79 Å². The Morgan fingerprint density at radius 1 is 1.38 bits per heavy atom. The zero-order valence-corrected chi connectivity index (χ0v) is 8.68. The van der Waals surface area contributed by atoms with Crippen LogP contribution >= 0.6 is 15.9 Å². The Morgan fingerprint density at radius 3 is 2.62 bits per heavy atom. The zero-order valence-electron chi connectivity index (χ0n) is 7.10. The molecular weight excluding hydrogens is 228 g/mol. The molecule has 0 aromatic heterocycles. The number of halogens is 1. The van der Waals surface area contributed by atoms with Crippen LogP contribution in [0.5, 0.6) is 0 Å². The van der Waals surface area contributed by atoms with Gasteiger partial charge < -0.3 is 0 Å². The predicted octanol–water partition coefficient (Wildman–Crippen LogP) is 2.69. The molecule has 13 heavy (non-hydrogen) atoms.